The van der Waals surface area contributed by atoms with E-state index in [2.05, 4.69) is 55.1 Å². The Labute approximate surface area is 90.0 Å². The number of aryl methyl sites for hydroxylation is 2. The first-order valence-electron chi connectivity index (χ1n) is 5.34. The van der Waals surface area contributed by atoms with E-state index in [1.54, 1.807) is 0 Å². The Bertz CT molecular complexity index is 492. The number of aromatic nitrogens is 1. The van der Waals surface area contributed by atoms with Crippen molar-refractivity contribution in [2.24, 2.45) is 7.05 Å². The van der Waals surface area contributed by atoms with Gasteiger partial charge in [0.05, 0.1) is 5.56 Å². The fraction of sp³-hybridized carbons (Fsp3) is 0.214. The molecule has 0 spiro atoms. The Morgan fingerprint density at radius 3 is 2.73 bits per heavy atom. The zero-order valence-electron chi connectivity index (χ0n) is 9.12. The van der Waals surface area contributed by atoms with Crippen LogP contribution < -0.4 is 4.57 Å². The van der Waals surface area contributed by atoms with Gasteiger partial charge in [-0.05, 0) is 24.1 Å². The minimum Gasteiger partial charge on any atom is -0.201 e. The number of fused-ring (bicyclic) bond motifs is 3. The molecule has 1 aromatic carbocycles. The largest absolute Gasteiger partial charge is 0.216 e. The lowest BCUT2D eigenvalue weighted by molar-refractivity contribution is -0.660. The minimum absolute atomic E-state index is 1.08. The van der Waals surface area contributed by atoms with Crippen LogP contribution in [0.25, 0.3) is 11.3 Å². The van der Waals surface area contributed by atoms with Crippen molar-refractivity contribution in [3.8, 4) is 11.3 Å². The summed E-state index contributed by atoms with van der Waals surface area (Å²) in [6.45, 7) is 2.20. The first-order chi connectivity index (χ1) is 7.27. The molecule has 3 rings (SSSR count). The molecule has 0 saturated carbocycles. The summed E-state index contributed by atoms with van der Waals surface area (Å²) in [7, 11) is 2.13. The van der Waals surface area contributed by atoms with Gasteiger partial charge in [0.25, 0.3) is 0 Å². The van der Waals surface area contributed by atoms with Crippen LogP contribution in [0.2, 0.25) is 0 Å². The van der Waals surface area contributed by atoms with Crippen molar-refractivity contribution in [2.75, 3.05) is 0 Å². The van der Waals surface area contributed by atoms with E-state index >= 15 is 0 Å². The maximum Gasteiger partial charge on any atom is 0.216 e. The molecule has 15 heavy (non-hydrogen) atoms. The van der Waals surface area contributed by atoms with E-state index in [9.17, 15) is 0 Å². The molecular weight excluding hydrogens is 182 g/mol. The lowest BCUT2D eigenvalue weighted by Crippen LogP contribution is -2.30. The van der Waals surface area contributed by atoms with Crippen molar-refractivity contribution in [1.29, 1.82) is 0 Å². The summed E-state index contributed by atoms with van der Waals surface area (Å²) in [4.78, 5) is 0. The molecule has 0 aliphatic heterocycles. The zero-order valence-corrected chi connectivity index (χ0v) is 9.12. The van der Waals surface area contributed by atoms with Gasteiger partial charge >= 0.3 is 0 Å². The Morgan fingerprint density at radius 1 is 1.07 bits per heavy atom. The molecule has 1 heterocycles. The summed E-state index contributed by atoms with van der Waals surface area (Å²) in [6, 6.07) is 10.9. The number of rotatable bonds is 0. The van der Waals surface area contributed by atoms with Crippen LogP contribution in [-0.2, 0) is 13.5 Å². The smallest absolute Gasteiger partial charge is 0.201 e. The highest BCUT2D eigenvalue weighted by atomic mass is 14.9. The normalized spacial score (nSPS) is 12.4. The predicted molar refractivity (Wildman–Crippen MR) is 60.6 cm³/mol. The second-order valence-electron chi connectivity index (χ2n) is 4.28. The van der Waals surface area contributed by atoms with Gasteiger partial charge in [-0.15, -0.1) is 0 Å². The van der Waals surface area contributed by atoms with Gasteiger partial charge in [-0.3, -0.25) is 0 Å². The Morgan fingerprint density at radius 2 is 1.87 bits per heavy atom. The van der Waals surface area contributed by atoms with Crippen LogP contribution in [-0.4, -0.2) is 0 Å². The average molecular weight is 196 g/mol. The van der Waals surface area contributed by atoms with Crippen LogP contribution in [0.1, 0.15) is 16.7 Å². The van der Waals surface area contributed by atoms with E-state index in [4.69, 9.17) is 0 Å². The van der Waals surface area contributed by atoms with E-state index in [0.717, 1.165) is 6.42 Å². The fourth-order valence-electron chi connectivity index (χ4n) is 2.57. The fourth-order valence-corrected chi connectivity index (χ4v) is 2.57. The van der Waals surface area contributed by atoms with Crippen LogP contribution in [0.4, 0.5) is 0 Å². The summed E-state index contributed by atoms with van der Waals surface area (Å²) in [5.74, 6) is 0. The molecule has 0 bridgehead atoms. The van der Waals surface area contributed by atoms with Crippen LogP contribution in [0.5, 0.6) is 0 Å². The van der Waals surface area contributed by atoms with Gasteiger partial charge < -0.3 is 0 Å². The lowest BCUT2D eigenvalue weighted by atomic mass is 10.0. The number of hydrogen-bond donors (Lipinski definition) is 0. The molecule has 1 aliphatic rings. The number of pyridine rings is 1. The van der Waals surface area contributed by atoms with Gasteiger partial charge in [0.1, 0.15) is 7.05 Å². The van der Waals surface area contributed by atoms with Crippen molar-refractivity contribution >= 4 is 0 Å². The molecule has 0 N–H and O–H groups in total. The third-order valence-electron chi connectivity index (χ3n) is 3.24. The maximum absolute atomic E-state index is 2.24. The van der Waals surface area contributed by atoms with Crippen molar-refractivity contribution in [3.05, 3.63) is 53.2 Å². The van der Waals surface area contributed by atoms with Crippen molar-refractivity contribution in [2.45, 2.75) is 13.3 Å². The van der Waals surface area contributed by atoms with Crippen molar-refractivity contribution in [3.63, 3.8) is 0 Å². The standard InChI is InChI=1S/C14H14N/c1-10-5-3-6-11-9-12-7-4-8-15(2)14(12)13(10)11/h3-8H,9H2,1-2H3/q+1. The van der Waals surface area contributed by atoms with E-state index in [1.165, 1.54) is 27.9 Å². The highest BCUT2D eigenvalue weighted by Gasteiger charge is 2.26. The van der Waals surface area contributed by atoms with Crippen molar-refractivity contribution < 1.29 is 4.57 Å². The summed E-state index contributed by atoms with van der Waals surface area (Å²) >= 11 is 0. The van der Waals surface area contributed by atoms with E-state index in [0.29, 0.717) is 0 Å². The molecular formula is C14H14N+. The quantitative estimate of drug-likeness (QED) is 0.486. The molecule has 0 saturated heterocycles. The highest BCUT2D eigenvalue weighted by Crippen LogP contribution is 2.35. The first-order valence-corrected chi connectivity index (χ1v) is 5.34. The molecule has 1 aliphatic carbocycles. The second kappa shape index (κ2) is 2.93. The molecule has 2 aromatic rings. The summed E-state index contributed by atoms with van der Waals surface area (Å²) in [5.41, 5.74) is 7.13. The molecule has 0 amide bonds. The Balaban J connectivity index is 2.39. The Hall–Kier alpha value is -1.63. The number of nitrogens with zero attached hydrogens (tertiary/aromatic N) is 1. The van der Waals surface area contributed by atoms with E-state index < -0.39 is 0 Å². The average Bonchev–Trinajstić information content (AvgIpc) is 2.58. The number of benzene rings is 1. The SMILES string of the molecule is Cc1cccc2c1-c1c(ccc[n+]1C)C2. The molecule has 0 unspecified atom stereocenters. The molecule has 0 fully saturated rings. The minimum atomic E-state index is 1.08. The molecule has 74 valence electrons. The Kier molecular flexibility index (Phi) is 1.69. The second-order valence-corrected chi connectivity index (χ2v) is 4.28. The first kappa shape index (κ1) is 8.66. The molecule has 1 aromatic heterocycles. The van der Waals surface area contributed by atoms with Gasteiger partial charge in [0.15, 0.2) is 6.20 Å². The van der Waals surface area contributed by atoms with Gasteiger partial charge in [-0.25, -0.2) is 4.57 Å². The molecule has 0 radical (unpaired) electrons. The zero-order chi connectivity index (χ0) is 10.4. The third-order valence-corrected chi connectivity index (χ3v) is 3.24. The van der Waals surface area contributed by atoms with Crippen LogP contribution in [0.3, 0.4) is 0 Å². The molecule has 1 heteroatoms. The van der Waals surface area contributed by atoms with Gasteiger partial charge in [0, 0.05) is 18.1 Å². The van der Waals surface area contributed by atoms with Gasteiger partial charge in [-0.1, -0.05) is 18.2 Å². The predicted octanol–water partition coefficient (Wildman–Crippen LogP) is 2.39. The number of hydrogen-bond acceptors (Lipinski definition) is 0. The third kappa shape index (κ3) is 1.13. The van der Waals surface area contributed by atoms with Crippen LogP contribution >= 0.6 is 0 Å². The van der Waals surface area contributed by atoms with Crippen LogP contribution in [0.15, 0.2) is 36.5 Å². The van der Waals surface area contributed by atoms with E-state index in [-0.39, 0.29) is 0 Å². The summed E-state index contributed by atoms with van der Waals surface area (Å²) < 4.78 is 2.23. The lowest BCUT2D eigenvalue weighted by Gasteiger charge is -2.02. The maximum atomic E-state index is 2.24. The van der Waals surface area contributed by atoms with Gasteiger partial charge in [0.2, 0.25) is 5.69 Å². The summed E-state index contributed by atoms with van der Waals surface area (Å²) in [6.07, 6.45) is 3.21. The monoisotopic (exact) mass is 196 g/mol. The molecule has 1 nitrogen and oxygen atoms in total. The summed E-state index contributed by atoms with van der Waals surface area (Å²) in [5, 5.41) is 0. The van der Waals surface area contributed by atoms with Gasteiger partial charge in [-0.2, -0.15) is 0 Å². The molecule has 0 atom stereocenters. The van der Waals surface area contributed by atoms with E-state index in [1.807, 2.05) is 0 Å². The van der Waals surface area contributed by atoms with Crippen molar-refractivity contribution in [1.82, 2.24) is 0 Å². The topological polar surface area (TPSA) is 3.88 Å². The van der Waals surface area contributed by atoms with Crippen LogP contribution in [0, 0.1) is 6.92 Å². The highest BCUT2D eigenvalue weighted by molar-refractivity contribution is 5.74.